The molecule has 4 heteroatoms. The lowest BCUT2D eigenvalue weighted by Crippen LogP contribution is -1.96. The zero-order chi connectivity index (χ0) is 13.5. The van der Waals surface area contributed by atoms with Gasteiger partial charge in [0, 0.05) is 30.4 Å². The third kappa shape index (κ3) is 3.20. The molecular weight excluding hydrogens is 228 g/mol. The summed E-state index contributed by atoms with van der Waals surface area (Å²) < 4.78 is 1.97. The predicted molar refractivity (Wildman–Crippen MR) is 74.0 cm³/mol. The van der Waals surface area contributed by atoms with E-state index in [0.717, 1.165) is 11.1 Å². The molecule has 2 rings (SSSR count). The predicted octanol–water partition coefficient (Wildman–Crippen LogP) is 3.99. The SMILES string of the molecule is CC.CC/C(=C\c1ccn2cccc2c1)[N+](=O)[O-]. The minimum absolute atomic E-state index is 0.232. The molecule has 0 N–H and O–H groups in total. The third-order valence-corrected chi connectivity index (χ3v) is 2.48. The summed E-state index contributed by atoms with van der Waals surface area (Å²) in [5, 5.41) is 10.7. The van der Waals surface area contributed by atoms with E-state index in [9.17, 15) is 10.1 Å². The summed E-state index contributed by atoms with van der Waals surface area (Å²) in [7, 11) is 0. The summed E-state index contributed by atoms with van der Waals surface area (Å²) in [4.78, 5) is 10.3. The molecule has 0 saturated carbocycles. The van der Waals surface area contributed by atoms with Gasteiger partial charge in [0.2, 0.25) is 5.70 Å². The molecule has 18 heavy (non-hydrogen) atoms. The van der Waals surface area contributed by atoms with Crippen LogP contribution in [-0.4, -0.2) is 9.32 Å². The van der Waals surface area contributed by atoms with Crippen LogP contribution in [0.2, 0.25) is 0 Å². The van der Waals surface area contributed by atoms with Crippen molar-refractivity contribution in [3.8, 4) is 0 Å². The van der Waals surface area contributed by atoms with Gasteiger partial charge >= 0.3 is 0 Å². The number of pyridine rings is 1. The molecule has 0 bridgehead atoms. The summed E-state index contributed by atoms with van der Waals surface area (Å²) in [5.74, 6) is 0. The number of fused-ring (bicyclic) bond motifs is 1. The highest BCUT2D eigenvalue weighted by Crippen LogP contribution is 2.13. The molecule has 0 saturated heterocycles. The molecule has 0 fully saturated rings. The average molecular weight is 246 g/mol. The second kappa shape index (κ2) is 6.59. The van der Waals surface area contributed by atoms with Gasteiger partial charge in [0.1, 0.15) is 0 Å². The Bertz CT molecular complexity index is 556. The van der Waals surface area contributed by atoms with Crippen LogP contribution in [0.15, 0.2) is 42.4 Å². The molecule has 96 valence electrons. The fourth-order valence-electron chi connectivity index (χ4n) is 1.62. The van der Waals surface area contributed by atoms with Gasteiger partial charge in [-0.25, -0.2) is 0 Å². The fourth-order valence-corrected chi connectivity index (χ4v) is 1.62. The Kier molecular flexibility index (Phi) is 5.11. The highest BCUT2D eigenvalue weighted by molar-refractivity contribution is 5.59. The molecule has 0 aromatic carbocycles. The molecule has 2 aromatic rings. The maximum Gasteiger partial charge on any atom is 0.246 e. The van der Waals surface area contributed by atoms with E-state index in [2.05, 4.69) is 0 Å². The normalized spacial score (nSPS) is 10.9. The van der Waals surface area contributed by atoms with E-state index in [4.69, 9.17) is 0 Å². The Morgan fingerprint density at radius 2 is 2.11 bits per heavy atom. The van der Waals surface area contributed by atoms with E-state index in [1.165, 1.54) is 0 Å². The van der Waals surface area contributed by atoms with Crippen LogP contribution in [0.4, 0.5) is 0 Å². The summed E-state index contributed by atoms with van der Waals surface area (Å²) >= 11 is 0. The lowest BCUT2D eigenvalue weighted by Gasteiger charge is -1.98. The van der Waals surface area contributed by atoms with Crippen molar-refractivity contribution in [1.29, 1.82) is 0 Å². The minimum Gasteiger partial charge on any atom is -0.324 e. The van der Waals surface area contributed by atoms with Crippen LogP contribution in [0.25, 0.3) is 11.6 Å². The first-order valence-electron chi connectivity index (χ1n) is 6.12. The molecule has 0 spiro atoms. The first-order valence-corrected chi connectivity index (χ1v) is 6.12. The Morgan fingerprint density at radius 1 is 1.39 bits per heavy atom. The van der Waals surface area contributed by atoms with E-state index in [0.29, 0.717) is 6.42 Å². The fraction of sp³-hybridized carbons (Fsp3) is 0.286. The monoisotopic (exact) mass is 246 g/mol. The Labute approximate surface area is 107 Å². The van der Waals surface area contributed by atoms with Crippen molar-refractivity contribution in [1.82, 2.24) is 4.40 Å². The van der Waals surface area contributed by atoms with Gasteiger partial charge in [0.25, 0.3) is 0 Å². The van der Waals surface area contributed by atoms with Gasteiger partial charge in [-0.05, 0) is 29.8 Å². The van der Waals surface area contributed by atoms with E-state index < -0.39 is 0 Å². The highest BCUT2D eigenvalue weighted by atomic mass is 16.6. The van der Waals surface area contributed by atoms with Gasteiger partial charge in [-0.2, -0.15) is 0 Å². The van der Waals surface area contributed by atoms with Gasteiger partial charge in [0.05, 0.1) is 4.92 Å². The van der Waals surface area contributed by atoms with Crippen LogP contribution >= 0.6 is 0 Å². The van der Waals surface area contributed by atoms with E-state index in [1.54, 1.807) is 13.0 Å². The summed E-state index contributed by atoms with van der Waals surface area (Å²) in [6.45, 7) is 5.78. The van der Waals surface area contributed by atoms with Crippen LogP contribution in [0, 0.1) is 10.1 Å². The molecule has 0 aliphatic heterocycles. The molecule has 0 atom stereocenters. The second-order valence-corrected chi connectivity index (χ2v) is 3.55. The molecule has 0 amide bonds. The first kappa shape index (κ1) is 14.0. The lowest BCUT2D eigenvalue weighted by molar-refractivity contribution is -0.425. The largest absolute Gasteiger partial charge is 0.324 e. The van der Waals surface area contributed by atoms with Gasteiger partial charge in [-0.15, -0.1) is 0 Å². The molecule has 2 aromatic heterocycles. The van der Waals surface area contributed by atoms with E-state index in [-0.39, 0.29) is 10.6 Å². The van der Waals surface area contributed by atoms with Crippen LogP contribution in [-0.2, 0) is 0 Å². The van der Waals surface area contributed by atoms with Crippen LogP contribution in [0.3, 0.4) is 0 Å². The van der Waals surface area contributed by atoms with Crippen LogP contribution < -0.4 is 0 Å². The van der Waals surface area contributed by atoms with Crippen molar-refractivity contribution in [2.24, 2.45) is 0 Å². The minimum atomic E-state index is -0.331. The lowest BCUT2D eigenvalue weighted by atomic mass is 10.2. The molecular formula is C14H18N2O2. The zero-order valence-electron chi connectivity index (χ0n) is 11.0. The van der Waals surface area contributed by atoms with E-state index in [1.807, 2.05) is 54.9 Å². The highest BCUT2D eigenvalue weighted by Gasteiger charge is 2.06. The van der Waals surface area contributed by atoms with E-state index >= 15 is 0 Å². The number of hydrogen-bond acceptors (Lipinski definition) is 2. The molecule has 0 radical (unpaired) electrons. The maximum atomic E-state index is 10.7. The first-order chi connectivity index (χ1) is 8.70. The van der Waals surface area contributed by atoms with Gasteiger partial charge in [0.15, 0.2) is 0 Å². The van der Waals surface area contributed by atoms with Crippen molar-refractivity contribution in [2.75, 3.05) is 0 Å². The van der Waals surface area contributed by atoms with Crippen molar-refractivity contribution in [3.05, 3.63) is 58.0 Å². The van der Waals surface area contributed by atoms with Crippen LogP contribution in [0.1, 0.15) is 32.8 Å². The summed E-state index contributed by atoms with van der Waals surface area (Å²) in [6, 6.07) is 7.71. The third-order valence-electron chi connectivity index (χ3n) is 2.48. The number of nitrogens with zero attached hydrogens (tertiary/aromatic N) is 2. The molecule has 2 heterocycles. The van der Waals surface area contributed by atoms with Crippen molar-refractivity contribution >= 4 is 11.6 Å². The van der Waals surface area contributed by atoms with Crippen molar-refractivity contribution < 1.29 is 4.92 Å². The van der Waals surface area contributed by atoms with Crippen molar-refractivity contribution in [3.63, 3.8) is 0 Å². The number of nitro groups is 1. The Morgan fingerprint density at radius 3 is 2.72 bits per heavy atom. The second-order valence-electron chi connectivity index (χ2n) is 3.55. The van der Waals surface area contributed by atoms with Gasteiger partial charge < -0.3 is 4.40 Å². The smallest absolute Gasteiger partial charge is 0.246 e. The molecule has 4 nitrogen and oxygen atoms in total. The average Bonchev–Trinajstić information content (AvgIpc) is 2.85. The topological polar surface area (TPSA) is 47.5 Å². The number of aromatic nitrogens is 1. The van der Waals surface area contributed by atoms with Crippen molar-refractivity contribution in [2.45, 2.75) is 27.2 Å². The number of allylic oxidation sites excluding steroid dienone is 1. The summed E-state index contributed by atoms with van der Waals surface area (Å²) in [6.07, 6.45) is 5.89. The summed E-state index contributed by atoms with van der Waals surface area (Å²) in [5.41, 5.74) is 2.13. The molecule has 0 aliphatic rings. The molecule has 0 unspecified atom stereocenters. The zero-order valence-corrected chi connectivity index (χ0v) is 11.0. The van der Waals surface area contributed by atoms with Gasteiger partial charge in [-0.1, -0.05) is 20.8 Å². The standard InChI is InChI=1S/C12H12N2O2.C2H6/c1-2-11(14(15)16)8-10-5-7-13-6-3-4-12(13)9-10;1-2/h3-9H,2H2,1H3;1-2H3/b11-8+;. The number of rotatable bonds is 3. The Balaban J connectivity index is 0.000000771. The van der Waals surface area contributed by atoms with Gasteiger partial charge in [-0.3, -0.25) is 10.1 Å². The quantitative estimate of drug-likeness (QED) is 0.607. The number of hydrogen-bond donors (Lipinski definition) is 0. The Hall–Kier alpha value is -2.10. The van der Waals surface area contributed by atoms with Crippen LogP contribution in [0.5, 0.6) is 0 Å². The maximum absolute atomic E-state index is 10.7. The molecule has 0 aliphatic carbocycles.